The van der Waals surface area contributed by atoms with E-state index in [1.807, 2.05) is 0 Å². The number of alkyl carbamates (subject to hydrolysis) is 1. The Morgan fingerprint density at radius 1 is 1.23 bits per heavy atom. The Morgan fingerprint density at radius 3 is 2.81 bits per heavy atom. The van der Waals surface area contributed by atoms with Gasteiger partial charge < -0.3 is 10.1 Å². The first-order valence-electron chi connectivity index (χ1n) is 7.65. The molecular weight excluding hydrogens is 358 g/mol. The highest BCUT2D eigenvalue weighted by Crippen LogP contribution is 2.24. The Kier molecular flexibility index (Phi) is 4.94. The number of fused-ring (bicyclic) bond motifs is 1. The average Bonchev–Trinajstić information content (AvgIpc) is 3.20. The third-order valence-electron chi connectivity index (χ3n) is 3.25. The van der Waals surface area contributed by atoms with Gasteiger partial charge in [-0.3, -0.25) is 20.0 Å². The van der Waals surface area contributed by atoms with E-state index >= 15 is 0 Å². The van der Waals surface area contributed by atoms with Crippen molar-refractivity contribution in [3.63, 3.8) is 0 Å². The first kappa shape index (κ1) is 17.5. The van der Waals surface area contributed by atoms with Crippen molar-refractivity contribution in [2.24, 2.45) is 0 Å². The lowest BCUT2D eigenvalue weighted by Gasteiger charge is -2.09. The fourth-order valence-corrected chi connectivity index (χ4v) is 2.96. The highest BCUT2D eigenvalue weighted by molar-refractivity contribution is 7.14. The number of anilines is 1. The smallest absolute Gasteiger partial charge is 0.414 e. The quantitative estimate of drug-likeness (QED) is 0.645. The van der Waals surface area contributed by atoms with Crippen molar-refractivity contribution >= 4 is 45.3 Å². The zero-order chi connectivity index (χ0) is 18.7. The van der Waals surface area contributed by atoms with Crippen LogP contribution in [-0.4, -0.2) is 39.2 Å². The highest BCUT2D eigenvalue weighted by Gasteiger charge is 2.20. The number of rotatable bonds is 4. The Balaban J connectivity index is 1.75. The summed E-state index contributed by atoms with van der Waals surface area (Å²) in [6.45, 7) is 3.34. The summed E-state index contributed by atoms with van der Waals surface area (Å²) >= 11 is 1.16. The highest BCUT2D eigenvalue weighted by atomic mass is 32.1. The molecule has 10 heteroatoms. The Hall–Kier alpha value is -3.27. The van der Waals surface area contributed by atoms with E-state index in [4.69, 9.17) is 4.74 Å². The molecule has 3 aromatic rings. The molecule has 0 aliphatic heterocycles. The molecule has 3 rings (SSSR count). The van der Waals surface area contributed by atoms with Crippen molar-refractivity contribution in [1.82, 2.24) is 20.5 Å². The monoisotopic (exact) mass is 373 g/mol. The van der Waals surface area contributed by atoms with Gasteiger partial charge >= 0.3 is 6.09 Å². The number of imide groups is 1. The van der Waals surface area contributed by atoms with Crippen molar-refractivity contribution in [2.45, 2.75) is 20.0 Å². The lowest BCUT2D eigenvalue weighted by atomic mass is 10.2. The molecule has 0 saturated heterocycles. The van der Waals surface area contributed by atoms with E-state index in [0.29, 0.717) is 16.0 Å². The van der Waals surface area contributed by atoms with Crippen LogP contribution in [0, 0.1) is 0 Å². The van der Waals surface area contributed by atoms with Crippen LogP contribution in [0.15, 0.2) is 29.8 Å². The number of aromatic amines is 1. The van der Waals surface area contributed by atoms with Gasteiger partial charge in [0.2, 0.25) is 0 Å². The van der Waals surface area contributed by atoms with Crippen molar-refractivity contribution in [2.75, 3.05) is 5.32 Å². The predicted molar refractivity (Wildman–Crippen MR) is 95.2 cm³/mol. The van der Waals surface area contributed by atoms with Gasteiger partial charge in [-0.2, -0.15) is 5.10 Å². The van der Waals surface area contributed by atoms with Gasteiger partial charge in [0, 0.05) is 6.20 Å². The summed E-state index contributed by atoms with van der Waals surface area (Å²) in [4.78, 5) is 40.3. The van der Waals surface area contributed by atoms with Crippen molar-refractivity contribution in [3.05, 3.63) is 41.0 Å². The minimum atomic E-state index is -0.848. The summed E-state index contributed by atoms with van der Waals surface area (Å²) in [5, 5.41) is 13.9. The number of aromatic nitrogens is 3. The van der Waals surface area contributed by atoms with E-state index in [-0.39, 0.29) is 17.4 Å². The minimum Gasteiger partial charge on any atom is -0.447 e. The second-order valence-corrected chi connectivity index (χ2v) is 6.42. The normalized spacial score (nSPS) is 10.7. The fourth-order valence-electron chi connectivity index (χ4n) is 2.18. The van der Waals surface area contributed by atoms with Gasteiger partial charge in [-0.1, -0.05) is 0 Å². The number of thiophene rings is 1. The molecule has 134 valence electrons. The van der Waals surface area contributed by atoms with Crippen molar-refractivity contribution in [1.29, 1.82) is 0 Å². The van der Waals surface area contributed by atoms with Gasteiger partial charge in [0.15, 0.2) is 5.65 Å². The number of hydrogen-bond donors (Lipinski definition) is 3. The Labute approximate surface area is 151 Å². The summed E-state index contributed by atoms with van der Waals surface area (Å²) < 4.78 is 4.87. The van der Waals surface area contributed by atoms with Crippen LogP contribution >= 0.6 is 11.3 Å². The van der Waals surface area contributed by atoms with E-state index < -0.39 is 17.9 Å². The predicted octanol–water partition coefficient (Wildman–Crippen LogP) is 2.55. The number of ether oxygens (including phenoxy) is 1. The van der Waals surface area contributed by atoms with Gasteiger partial charge in [-0.05, 0) is 37.4 Å². The summed E-state index contributed by atoms with van der Waals surface area (Å²) in [6, 6.07) is 4.91. The zero-order valence-corrected chi connectivity index (χ0v) is 14.7. The largest absolute Gasteiger partial charge is 0.447 e. The lowest BCUT2D eigenvalue weighted by molar-refractivity contribution is 0.0877. The van der Waals surface area contributed by atoms with Crippen LogP contribution in [0.3, 0.4) is 0 Å². The second-order valence-electron chi connectivity index (χ2n) is 5.50. The van der Waals surface area contributed by atoms with E-state index in [9.17, 15) is 14.4 Å². The summed E-state index contributed by atoms with van der Waals surface area (Å²) in [6.07, 6.45) is 0.369. The summed E-state index contributed by atoms with van der Waals surface area (Å²) in [5.74, 6) is -1.13. The molecule has 3 heterocycles. The minimum absolute atomic E-state index is 0.158. The Morgan fingerprint density at radius 2 is 2.04 bits per heavy atom. The molecule has 3 N–H and O–H groups in total. The van der Waals surface area contributed by atoms with Gasteiger partial charge in [0.25, 0.3) is 11.8 Å². The van der Waals surface area contributed by atoms with Crippen LogP contribution in [0.5, 0.6) is 0 Å². The molecule has 0 radical (unpaired) electrons. The molecule has 0 unspecified atom stereocenters. The maximum Gasteiger partial charge on any atom is 0.414 e. The van der Waals surface area contributed by atoms with E-state index in [1.54, 1.807) is 37.6 Å². The molecule has 0 fully saturated rings. The van der Waals surface area contributed by atoms with Crippen LogP contribution in [0.25, 0.3) is 11.0 Å². The van der Waals surface area contributed by atoms with E-state index in [1.165, 1.54) is 6.07 Å². The molecule has 0 bridgehead atoms. The standard InChI is InChI=1S/C16H15N5O4S/c1-8(2)25-16(24)19-13(22)10-5-7-26-15(10)18-14(23)11-9-4-3-6-17-12(9)21-20-11/h3-8H,1-2H3,(H,18,23)(H,17,20,21)(H,19,22,24). The Bertz CT molecular complexity index is 978. The molecule has 0 aromatic carbocycles. The SMILES string of the molecule is CC(C)OC(=O)NC(=O)c1ccsc1NC(=O)c1[nH]nc2ncccc12. The van der Waals surface area contributed by atoms with Crippen LogP contribution in [0.4, 0.5) is 9.80 Å². The van der Waals surface area contributed by atoms with Crippen LogP contribution in [0.2, 0.25) is 0 Å². The molecule has 0 spiro atoms. The van der Waals surface area contributed by atoms with Crippen molar-refractivity contribution in [3.8, 4) is 0 Å². The average molecular weight is 373 g/mol. The molecular formula is C16H15N5O4S. The molecule has 0 aliphatic carbocycles. The molecule has 26 heavy (non-hydrogen) atoms. The maximum absolute atomic E-state index is 12.5. The van der Waals surface area contributed by atoms with E-state index in [2.05, 4.69) is 25.8 Å². The third-order valence-corrected chi connectivity index (χ3v) is 4.08. The fraction of sp³-hybridized carbons (Fsp3) is 0.188. The summed E-state index contributed by atoms with van der Waals surface area (Å²) in [5.41, 5.74) is 0.802. The molecule has 3 aromatic heterocycles. The number of carbonyl (C=O) groups is 3. The maximum atomic E-state index is 12.5. The van der Waals surface area contributed by atoms with Gasteiger partial charge in [0.1, 0.15) is 10.7 Å². The number of hydrogen-bond acceptors (Lipinski definition) is 7. The molecule has 0 saturated carbocycles. The third kappa shape index (κ3) is 3.70. The number of pyridine rings is 1. The number of amides is 3. The number of H-pyrrole nitrogens is 1. The van der Waals surface area contributed by atoms with Crippen LogP contribution in [0.1, 0.15) is 34.7 Å². The molecule has 3 amide bonds. The number of carbonyl (C=O) groups excluding carboxylic acids is 3. The lowest BCUT2D eigenvalue weighted by Crippen LogP contribution is -2.33. The molecule has 0 aliphatic rings. The molecule has 0 atom stereocenters. The summed E-state index contributed by atoms with van der Waals surface area (Å²) in [7, 11) is 0. The topological polar surface area (TPSA) is 126 Å². The van der Waals surface area contributed by atoms with Crippen LogP contribution < -0.4 is 10.6 Å². The number of nitrogens with one attached hydrogen (secondary N) is 3. The molecule has 9 nitrogen and oxygen atoms in total. The first-order chi connectivity index (χ1) is 12.5. The van der Waals surface area contributed by atoms with Gasteiger partial charge in [0.05, 0.1) is 17.1 Å². The van der Waals surface area contributed by atoms with E-state index in [0.717, 1.165) is 11.3 Å². The van der Waals surface area contributed by atoms with Crippen molar-refractivity contribution < 1.29 is 19.1 Å². The zero-order valence-electron chi connectivity index (χ0n) is 13.9. The van der Waals surface area contributed by atoms with Crippen LogP contribution in [-0.2, 0) is 4.74 Å². The van der Waals surface area contributed by atoms with Gasteiger partial charge in [-0.15, -0.1) is 11.3 Å². The van der Waals surface area contributed by atoms with Gasteiger partial charge in [-0.25, -0.2) is 9.78 Å². The first-order valence-corrected chi connectivity index (χ1v) is 8.53. The number of nitrogens with zero attached hydrogens (tertiary/aromatic N) is 2. The second kappa shape index (κ2) is 7.31.